The van der Waals surface area contributed by atoms with E-state index in [9.17, 15) is 13.6 Å². The molecule has 0 radical (unpaired) electrons. The van der Waals surface area contributed by atoms with Crippen molar-refractivity contribution in [1.82, 2.24) is 4.98 Å². The number of hydrogen-bond acceptors (Lipinski definition) is 4. The van der Waals surface area contributed by atoms with E-state index in [0.29, 0.717) is 11.1 Å². The zero-order chi connectivity index (χ0) is 13.2. The molecular weight excluding hydrogens is 244 g/mol. The molecule has 4 nitrogen and oxygen atoms in total. The van der Waals surface area contributed by atoms with Gasteiger partial charge in [-0.2, -0.15) is 8.78 Å². The molecule has 0 aliphatic heterocycles. The molecule has 1 aromatic heterocycles. The van der Waals surface area contributed by atoms with Crippen molar-refractivity contribution in [3.05, 3.63) is 30.2 Å². The van der Waals surface area contributed by atoms with E-state index in [1.54, 1.807) is 24.3 Å². The van der Waals surface area contributed by atoms with Crippen molar-refractivity contribution in [2.75, 3.05) is 7.11 Å². The normalized spacial score (nSPS) is 11.7. The van der Waals surface area contributed by atoms with Gasteiger partial charge in [0.05, 0.1) is 13.5 Å². The number of methoxy groups -OCH3 is 1. The van der Waals surface area contributed by atoms with Crippen LogP contribution in [-0.4, -0.2) is 18.1 Å². The summed E-state index contributed by atoms with van der Waals surface area (Å²) in [5.74, 6) is -4.65. The number of benzene rings is 1. The van der Waals surface area contributed by atoms with Gasteiger partial charge in [-0.05, 0) is 12.1 Å². The van der Waals surface area contributed by atoms with Crippen LogP contribution < -0.4 is 0 Å². The molecule has 2 aromatic rings. The van der Waals surface area contributed by atoms with Crippen LogP contribution in [0.5, 0.6) is 0 Å². The van der Waals surface area contributed by atoms with Crippen LogP contribution in [0.1, 0.15) is 18.7 Å². The first kappa shape index (κ1) is 12.5. The fraction of sp³-hybridized carbons (Fsp3) is 0.333. The SMILES string of the molecule is COC(=O)CCC(F)(F)c1nc2ccccc2o1. The number of esters is 1. The largest absolute Gasteiger partial charge is 0.469 e. The van der Waals surface area contributed by atoms with Crippen LogP contribution in [0, 0.1) is 0 Å². The van der Waals surface area contributed by atoms with Crippen molar-refractivity contribution < 1.29 is 22.7 Å². The highest BCUT2D eigenvalue weighted by Gasteiger charge is 2.38. The highest BCUT2D eigenvalue weighted by atomic mass is 19.3. The van der Waals surface area contributed by atoms with Crippen molar-refractivity contribution in [2.24, 2.45) is 0 Å². The second-order valence-corrected chi connectivity index (χ2v) is 3.77. The molecule has 1 heterocycles. The minimum Gasteiger partial charge on any atom is -0.469 e. The molecule has 96 valence electrons. The maximum absolute atomic E-state index is 13.7. The Labute approximate surface area is 102 Å². The lowest BCUT2D eigenvalue weighted by atomic mass is 10.2. The topological polar surface area (TPSA) is 52.3 Å². The van der Waals surface area contributed by atoms with E-state index in [4.69, 9.17) is 4.42 Å². The van der Waals surface area contributed by atoms with E-state index in [-0.39, 0.29) is 6.42 Å². The number of hydrogen-bond donors (Lipinski definition) is 0. The number of halogens is 2. The maximum atomic E-state index is 13.7. The number of oxazole rings is 1. The fourth-order valence-electron chi connectivity index (χ4n) is 1.50. The van der Waals surface area contributed by atoms with Crippen LogP contribution in [0.3, 0.4) is 0 Å². The summed E-state index contributed by atoms with van der Waals surface area (Å²) in [4.78, 5) is 14.6. The van der Waals surface area contributed by atoms with Crippen molar-refractivity contribution in [1.29, 1.82) is 0 Å². The van der Waals surface area contributed by atoms with Gasteiger partial charge >= 0.3 is 11.9 Å². The molecule has 0 bridgehead atoms. The summed E-state index contributed by atoms with van der Waals surface area (Å²) in [5, 5.41) is 0. The highest BCUT2D eigenvalue weighted by Crippen LogP contribution is 2.34. The predicted molar refractivity (Wildman–Crippen MR) is 59.2 cm³/mol. The summed E-state index contributed by atoms with van der Waals surface area (Å²) in [6, 6.07) is 6.49. The van der Waals surface area contributed by atoms with E-state index < -0.39 is 24.2 Å². The van der Waals surface area contributed by atoms with Crippen molar-refractivity contribution >= 4 is 17.1 Å². The summed E-state index contributed by atoms with van der Waals surface area (Å²) in [6.45, 7) is 0. The van der Waals surface area contributed by atoms with Crippen LogP contribution in [0.4, 0.5) is 8.78 Å². The predicted octanol–water partition coefficient (Wildman–Crippen LogP) is 2.87. The highest BCUT2D eigenvalue weighted by molar-refractivity contribution is 5.72. The molecule has 0 aliphatic rings. The summed E-state index contributed by atoms with van der Waals surface area (Å²) in [7, 11) is 1.15. The third-order valence-electron chi connectivity index (χ3n) is 2.48. The van der Waals surface area contributed by atoms with Crippen molar-refractivity contribution in [2.45, 2.75) is 18.8 Å². The van der Waals surface area contributed by atoms with Gasteiger partial charge in [0.25, 0.3) is 5.89 Å². The van der Waals surface area contributed by atoms with Crippen LogP contribution in [0.15, 0.2) is 28.7 Å². The minimum atomic E-state index is -3.28. The van der Waals surface area contributed by atoms with Crippen LogP contribution >= 0.6 is 0 Å². The molecule has 0 amide bonds. The Morgan fingerprint density at radius 2 is 2.17 bits per heavy atom. The standard InChI is InChI=1S/C12H11F2NO3/c1-17-10(16)6-7-12(13,14)11-15-8-4-2-3-5-9(8)18-11/h2-5H,6-7H2,1H3. The van der Waals surface area contributed by atoms with Crippen molar-refractivity contribution in [3.63, 3.8) is 0 Å². The monoisotopic (exact) mass is 255 g/mol. The van der Waals surface area contributed by atoms with Crippen LogP contribution in [0.25, 0.3) is 11.1 Å². The Hall–Kier alpha value is -1.98. The molecule has 0 unspecified atom stereocenters. The molecule has 6 heteroatoms. The summed E-state index contributed by atoms with van der Waals surface area (Å²) < 4.78 is 36.8. The zero-order valence-corrected chi connectivity index (χ0v) is 9.65. The molecular formula is C12H11F2NO3. The number of para-hydroxylation sites is 2. The third-order valence-corrected chi connectivity index (χ3v) is 2.48. The number of nitrogens with zero attached hydrogens (tertiary/aromatic N) is 1. The van der Waals surface area contributed by atoms with Crippen LogP contribution in [-0.2, 0) is 15.5 Å². The smallest absolute Gasteiger partial charge is 0.322 e. The van der Waals surface area contributed by atoms with Gasteiger partial charge < -0.3 is 9.15 Å². The number of ether oxygens (including phenoxy) is 1. The average Bonchev–Trinajstić information content (AvgIpc) is 2.80. The second kappa shape index (κ2) is 4.72. The van der Waals surface area contributed by atoms with Gasteiger partial charge in [0, 0.05) is 6.42 Å². The summed E-state index contributed by atoms with van der Waals surface area (Å²) in [6.07, 6.45) is -1.07. The van der Waals surface area contributed by atoms with Crippen LogP contribution in [0.2, 0.25) is 0 Å². The fourth-order valence-corrected chi connectivity index (χ4v) is 1.50. The number of alkyl halides is 2. The van der Waals surface area contributed by atoms with Gasteiger partial charge in [0.1, 0.15) is 5.52 Å². The molecule has 0 N–H and O–H groups in total. The third kappa shape index (κ3) is 2.47. The van der Waals surface area contributed by atoms with E-state index in [1.807, 2.05) is 0 Å². The molecule has 0 spiro atoms. The summed E-state index contributed by atoms with van der Waals surface area (Å²) in [5.41, 5.74) is 0.662. The molecule has 18 heavy (non-hydrogen) atoms. The number of fused-ring (bicyclic) bond motifs is 1. The van der Waals surface area contributed by atoms with Gasteiger partial charge in [-0.25, -0.2) is 4.98 Å². The number of carbonyl (C=O) groups is 1. The van der Waals surface area contributed by atoms with Crippen molar-refractivity contribution in [3.8, 4) is 0 Å². The molecule has 1 aromatic carbocycles. The van der Waals surface area contributed by atoms with E-state index in [2.05, 4.69) is 9.72 Å². The van der Waals surface area contributed by atoms with Gasteiger partial charge in [-0.15, -0.1) is 0 Å². The molecule has 0 fully saturated rings. The lowest BCUT2D eigenvalue weighted by Crippen LogP contribution is -2.16. The number of rotatable bonds is 4. The molecule has 0 atom stereocenters. The number of carbonyl (C=O) groups excluding carboxylic acids is 1. The zero-order valence-electron chi connectivity index (χ0n) is 9.65. The van der Waals surface area contributed by atoms with E-state index in [1.165, 1.54) is 0 Å². The Balaban J connectivity index is 2.20. The minimum absolute atomic E-state index is 0.297. The lowest BCUT2D eigenvalue weighted by Gasteiger charge is -2.10. The molecule has 0 aliphatic carbocycles. The first-order chi connectivity index (χ1) is 8.53. The first-order valence-electron chi connectivity index (χ1n) is 5.33. The summed E-state index contributed by atoms with van der Waals surface area (Å²) >= 11 is 0. The Bertz CT molecular complexity index is 532. The van der Waals surface area contributed by atoms with Gasteiger partial charge in [-0.1, -0.05) is 12.1 Å². The maximum Gasteiger partial charge on any atom is 0.322 e. The second-order valence-electron chi connectivity index (χ2n) is 3.77. The van der Waals surface area contributed by atoms with E-state index in [0.717, 1.165) is 7.11 Å². The molecule has 0 saturated carbocycles. The van der Waals surface area contributed by atoms with E-state index >= 15 is 0 Å². The first-order valence-corrected chi connectivity index (χ1v) is 5.33. The van der Waals surface area contributed by atoms with Gasteiger partial charge in [-0.3, -0.25) is 4.79 Å². The lowest BCUT2D eigenvalue weighted by molar-refractivity contribution is -0.143. The average molecular weight is 255 g/mol. The molecule has 0 saturated heterocycles. The Morgan fingerprint density at radius 1 is 1.44 bits per heavy atom. The Morgan fingerprint density at radius 3 is 2.83 bits per heavy atom. The quantitative estimate of drug-likeness (QED) is 0.788. The van der Waals surface area contributed by atoms with Gasteiger partial charge in [0.2, 0.25) is 0 Å². The molecule has 2 rings (SSSR count). The Kier molecular flexibility index (Phi) is 3.27. The number of aromatic nitrogens is 1. The van der Waals surface area contributed by atoms with Gasteiger partial charge in [0.15, 0.2) is 5.58 Å².